The minimum Gasteiger partial charge on any atom is -0.324 e. The van der Waals surface area contributed by atoms with Gasteiger partial charge in [0.05, 0.1) is 4.90 Å². The Bertz CT molecular complexity index is 1060. The predicted molar refractivity (Wildman–Crippen MR) is 112 cm³/mol. The number of hydrogen-bond donors (Lipinski definition) is 2. The van der Waals surface area contributed by atoms with Gasteiger partial charge in [0, 0.05) is 17.8 Å². The van der Waals surface area contributed by atoms with Gasteiger partial charge in [0.25, 0.3) is 10.0 Å². The van der Waals surface area contributed by atoms with Gasteiger partial charge in [-0.15, -0.1) is 0 Å². The van der Waals surface area contributed by atoms with Crippen molar-refractivity contribution in [2.45, 2.75) is 37.2 Å². The molecule has 7 nitrogen and oxygen atoms in total. The molecule has 0 bridgehead atoms. The van der Waals surface area contributed by atoms with E-state index in [1.165, 1.54) is 18.9 Å². The fourth-order valence-corrected chi connectivity index (χ4v) is 4.92. The number of para-hydroxylation sites is 1. The summed E-state index contributed by atoms with van der Waals surface area (Å²) in [5.74, 6) is -0.0800. The molecule has 0 aromatic heterocycles. The van der Waals surface area contributed by atoms with E-state index in [4.69, 9.17) is 0 Å². The van der Waals surface area contributed by atoms with Gasteiger partial charge in [-0.05, 0) is 56.6 Å². The van der Waals surface area contributed by atoms with Crippen LogP contribution < -0.4 is 10.0 Å². The van der Waals surface area contributed by atoms with Gasteiger partial charge < -0.3 is 5.32 Å². The molecule has 1 fully saturated rings. The number of fused-ring (bicyclic) bond motifs is 1. The molecule has 2 aromatic carbocycles. The molecule has 0 radical (unpaired) electrons. The van der Waals surface area contributed by atoms with Crippen molar-refractivity contribution in [1.82, 2.24) is 9.62 Å². The highest BCUT2D eigenvalue weighted by atomic mass is 32.2. The van der Waals surface area contributed by atoms with Gasteiger partial charge in [-0.25, -0.2) is 8.42 Å². The average molecular weight is 413 g/mol. The molecular weight excluding hydrogens is 388 g/mol. The number of benzene rings is 2. The molecule has 1 atom stereocenters. The van der Waals surface area contributed by atoms with E-state index in [1.807, 2.05) is 24.3 Å². The molecule has 29 heavy (non-hydrogen) atoms. The molecule has 2 heterocycles. The smallest absolute Gasteiger partial charge is 0.263 e. The Hall–Kier alpha value is -2.71. The summed E-state index contributed by atoms with van der Waals surface area (Å²) in [4.78, 5) is 19.7. The molecule has 0 aliphatic carbocycles. The van der Waals surface area contributed by atoms with Crippen molar-refractivity contribution < 1.29 is 13.2 Å². The number of sulfonamides is 1. The van der Waals surface area contributed by atoms with Crippen molar-refractivity contribution in [2.24, 2.45) is 4.99 Å². The van der Waals surface area contributed by atoms with Crippen molar-refractivity contribution >= 4 is 27.5 Å². The quantitative estimate of drug-likeness (QED) is 0.789. The minimum absolute atomic E-state index is 0.183. The molecule has 1 amide bonds. The zero-order valence-corrected chi connectivity index (χ0v) is 17.1. The molecule has 4 rings (SSSR count). The Morgan fingerprint density at radius 2 is 1.83 bits per heavy atom. The van der Waals surface area contributed by atoms with E-state index in [-0.39, 0.29) is 16.6 Å². The van der Waals surface area contributed by atoms with E-state index in [0.717, 1.165) is 30.9 Å². The zero-order chi connectivity index (χ0) is 20.4. The monoisotopic (exact) mass is 412 g/mol. The third-order valence-corrected chi connectivity index (χ3v) is 6.63. The van der Waals surface area contributed by atoms with Crippen LogP contribution >= 0.6 is 0 Å². The van der Waals surface area contributed by atoms with Crippen LogP contribution in [0.4, 0.5) is 5.69 Å². The van der Waals surface area contributed by atoms with Crippen molar-refractivity contribution in [1.29, 1.82) is 0 Å². The van der Waals surface area contributed by atoms with Gasteiger partial charge in [-0.3, -0.25) is 19.4 Å². The summed E-state index contributed by atoms with van der Waals surface area (Å²) in [7, 11) is -3.62. The largest absolute Gasteiger partial charge is 0.324 e. The number of anilines is 1. The first-order chi connectivity index (χ1) is 13.9. The van der Waals surface area contributed by atoms with Crippen LogP contribution in [0.3, 0.4) is 0 Å². The van der Waals surface area contributed by atoms with Crippen LogP contribution in [-0.4, -0.2) is 44.2 Å². The summed E-state index contributed by atoms with van der Waals surface area (Å²) in [6.07, 6.45) is 2.42. The van der Waals surface area contributed by atoms with Crippen LogP contribution in [-0.2, 0) is 21.4 Å². The van der Waals surface area contributed by atoms with Crippen LogP contribution in [0.2, 0.25) is 0 Å². The molecule has 0 unspecified atom stereocenters. The van der Waals surface area contributed by atoms with Crippen LogP contribution in [0.15, 0.2) is 58.4 Å². The van der Waals surface area contributed by atoms with Crippen LogP contribution in [0.25, 0.3) is 0 Å². The summed E-state index contributed by atoms with van der Waals surface area (Å²) >= 11 is 0. The summed E-state index contributed by atoms with van der Waals surface area (Å²) < 4.78 is 26.9. The normalized spacial score (nSPS) is 20.2. The van der Waals surface area contributed by atoms with Gasteiger partial charge >= 0.3 is 0 Å². The van der Waals surface area contributed by atoms with Crippen LogP contribution in [0.5, 0.6) is 0 Å². The Morgan fingerprint density at radius 1 is 1.14 bits per heavy atom. The molecule has 2 aliphatic heterocycles. The number of likely N-dealkylation sites (tertiary alicyclic amines) is 1. The Kier molecular flexibility index (Phi) is 5.38. The summed E-state index contributed by atoms with van der Waals surface area (Å²) in [6, 6.07) is 13.6. The molecule has 0 saturated carbocycles. The van der Waals surface area contributed by atoms with Crippen molar-refractivity contribution in [3.05, 3.63) is 59.7 Å². The van der Waals surface area contributed by atoms with E-state index in [1.54, 1.807) is 25.1 Å². The first-order valence-corrected chi connectivity index (χ1v) is 11.2. The van der Waals surface area contributed by atoms with E-state index in [9.17, 15) is 13.2 Å². The standard InChI is InChI=1S/C21H24N4O3S/c1-15(22-20-17-9-3-5-11-19(17)29(27,28)24-20)21(26)23-18-10-4-2-8-16(18)14-25-12-6-7-13-25/h2-5,8-11,15H,6-7,12-14H2,1H3,(H,22,24)(H,23,26)/t15-/m0/s1. The number of amides is 1. The molecule has 2 N–H and O–H groups in total. The molecule has 0 spiro atoms. The first kappa shape index (κ1) is 19.6. The van der Waals surface area contributed by atoms with Crippen molar-refractivity contribution in [3.8, 4) is 0 Å². The highest BCUT2D eigenvalue weighted by molar-refractivity contribution is 7.90. The Morgan fingerprint density at radius 3 is 2.62 bits per heavy atom. The number of amidine groups is 1. The fraction of sp³-hybridized carbons (Fsp3) is 0.333. The maximum absolute atomic E-state index is 12.8. The first-order valence-electron chi connectivity index (χ1n) is 9.75. The topological polar surface area (TPSA) is 90.9 Å². The number of nitrogens with one attached hydrogen (secondary N) is 2. The number of aliphatic imine (C=N–C) groups is 1. The van der Waals surface area contributed by atoms with E-state index >= 15 is 0 Å². The molecule has 2 aromatic rings. The Labute approximate surface area is 170 Å². The van der Waals surface area contributed by atoms with Crippen LogP contribution in [0, 0.1) is 0 Å². The third kappa shape index (κ3) is 4.18. The maximum Gasteiger partial charge on any atom is 0.263 e. The SMILES string of the molecule is C[C@H](N=C1NS(=O)(=O)c2ccccc21)C(=O)Nc1ccccc1CN1CCCC1. The van der Waals surface area contributed by atoms with Crippen molar-refractivity contribution in [2.75, 3.05) is 18.4 Å². The fourth-order valence-electron chi connectivity index (χ4n) is 3.68. The predicted octanol–water partition coefficient (Wildman–Crippen LogP) is 2.35. The summed E-state index contributed by atoms with van der Waals surface area (Å²) in [5.41, 5.74) is 2.32. The van der Waals surface area contributed by atoms with E-state index in [0.29, 0.717) is 5.56 Å². The van der Waals surface area contributed by atoms with Gasteiger partial charge in [0.1, 0.15) is 11.9 Å². The van der Waals surface area contributed by atoms with Gasteiger partial charge in [-0.1, -0.05) is 30.3 Å². The highest BCUT2D eigenvalue weighted by Gasteiger charge is 2.31. The molecule has 152 valence electrons. The number of carbonyl (C=O) groups excluding carboxylic acids is 1. The van der Waals surface area contributed by atoms with Gasteiger partial charge in [0.15, 0.2) is 0 Å². The molecule has 8 heteroatoms. The molecular formula is C21H24N4O3S. The van der Waals surface area contributed by atoms with E-state index < -0.39 is 16.1 Å². The van der Waals surface area contributed by atoms with Gasteiger partial charge in [0.2, 0.25) is 5.91 Å². The summed E-state index contributed by atoms with van der Waals surface area (Å²) in [6.45, 7) is 4.60. The lowest BCUT2D eigenvalue weighted by atomic mass is 10.1. The molecule has 1 saturated heterocycles. The lowest BCUT2D eigenvalue weighted by Crippen LogP contribution is -2.29. The number of hydrogen-bond acceptors (Lipinski definition) is 5. The lowest BCUT2D eigenvalue weighted by molar-refractivity contribution is -0.117. The van der Waals surface area contributed by atoms with Gasteiger partial charge in [-0.2, -0.15) is 0 Å². The molecule has 2 aliphatic rings. The second-order valence-corrected chi connectivity index (χ2v) is 9.04. The number of rotatable bonds is 5. The number of carbonyl (C=O) groups is 1. The highest BCUT2D eigenvalue weighted by Crippen LogP contribution is 2.23. The third-order valence-electron chi connectivity index (χ3n) is 5.23. The van der Waals surface area contributed by atoms with Crippen LogP contribution in [0.1, 0.15) is 30.9 Å². The average Bonchev–Trinajstić information content (AvgIpc) is 3.30. The second-order valence-electron chi connectivity index (χ2n) is 7.38. The lowest BCUT2D eigenvalue weighted by Gasteiger charge is -2.18. The minimum atomic E-state index is -3.62. The second kappa shape index (κ2) is 7.96. The maximum atomic E-state index is 12.8. The Balaban J connectivity index is 1.51. The summed E-state index contributed by atoms with van der Waals surface area (Å²) in [5, 5.41) is 2.95. The van der Waals surface area contributed by atoms with Crippen molar-refractivity contribution in [3.63, 3.8) is 0 Å². The number of nitrogens with zero attached hydrogens (tertiary/aromatic N) is 2. The zero-order valence-electron chi connectivity index (χ0n) is 16.3. The van der Waals surface area contributed by atoms with E-state index in [2.05, 4.69) is 19.9 Å².